The summed E-state index contributed by atoms with van der Waals surface area (Å²) in [4.78, 5) is 4.51. The molecule has 0 spiro atoms. The van der Waals surface area contributed by atoms with Gasteiger partial charge in [-0.2, -0.15) is 0 Å². The van der Waals surface area contributed by atoms with E-state index in [4.69, 9.17) is 10.2 Å². The molecule has 0 bridgehead atoms. The number of nitrogens with two attached hydrogens (primary N) is 1. The minimum Gasteiger partial charge on any atom is -0.441 e. The fourth-order valence-electron chi connectivity index (χ4n) is 2.03. The molecule has 1 aromatic carbocycles. The summed E-state index contributed by atoms with van der Waals surface area (Å²) in [5.41, 5.74) is 9.00. The minimum absolute atomic E-state index is 0.162. The highest BCUT2D eigenvalue weighted by molar-refractivity contribution is 5.54. The highest BCUT2D eigenvalue weighted by Crippen LogP contribution is 2.26. The molecule has 2 aromatic rings. The Morgan fingerprint density at radius 2 is 1.79 bits per heavy atom. The highest BCUT2D eigenvalue weighted by Gasteiger charge is 2.15. The van der Waals surface area contributed by atoms with Gasteiger partial charge in [0.05, 0.1) is 5.69 Å². The monoisotopic (exact) mass is 258 g/mol. The van der Waals surface area contributed by atoms with Crippen LogP contribution in [0.4, 0.5) is 0 Å². The van der Waals surface area contributed by atoms with Crippen molar-refractivity contribution in [3.8, 4) is 11.5 Å². The Hall–Kier alpha value is -1.61. The lowest BCUT2D eigenvalue weighted by molar-refractivity contribution is 0.539. The molecule has 102 valence electrons. The first-order valence-electron chi connectivity index (χ1n) is 6.69. The number of rotatable bonds is 3. The molecule has 2 rings (SSSR count). The maximum Gasteiger partial charge on any atom is 0.226 e. The Bertz CT molecular complexity index is 547. The Kier molecular flexibility index (Phi) is 3.76. The van der Waals surface area contributed by atoms with Crippen LogP contribution in [-0.4, -0.2) is 11.5 Å². The van der Waals surface area contributed by atoms with E-state index in [1.165, 1.54) is 5.56 Å². The fraction of sp³-hybridized carbons (Fsp3) is 0.438. The molecular weight excluding hydrogens is 236 g/mol. The van der Waals surface area contributed by atoms with Gasteiger partial charge in [0.15, 0.2) is 0 Å². The fourth-order valence-corrected chi connectivity index (χ4v) is 2.03. The summed E-state index contributed by atoms with van der Waals surface area (Å²) in [6.45, 7) is 9.14. The van der Waals surface area contributed by atoms with Gasteiger partial charge in [0, 0.05) is 12.0 Å². The summed E-state index contributed by atoms with van der Waals surface area (Å²) >= 11 is 0. The zero-order chi connectivity index (χ0) is 14.0. The average Bonchev–Trinajstić information content (AvgIpc) is 2.71. The number of hydrogen-bond acceptors (Lipinski definition) is 3. The molecule has 3 nitrogen and oxygen atoms in total. The second-order valence-corrected chi connectivity index (χ2v) is 5.89. The molecule has 0 aliphatic carbocycles. The normalized spacial score (nSPS) is 11.8. The minimum atomic E-state index is 0.162. The molecule has 1 heterocycles. The van der Waals surface area contributed by atoms with Crippen LogP contribution in [0.25, 0.3) is 11.5 Å². The van der Waals surface area contributed by atoms with E-state index in [1.807, 2.05) is 6.92 Å². The van der Waals surface area contributed by atoms with E-state index in [9.17, 15) is 0 Å². The van der Waals surface area contributed by atoms with Crippen LogP contribution >= 0.6 is 0 Å². The number of aryl methyl sites for hydroxylation is 1. The molecule has 0 fully saturated rings. The number of oxazole rings is 1. The average molecular weight is 258 g/mol. The van der Waals surface area contributed by atoms with E-state index in [2.05, 4.69) is 50.0 Å². The van der Waals surface area contributed by atoms with Gasteiger partial charge in [-0.3, -0.25) is 0 Å². The summed E-state index contributed by atoms with van der Waals surface area (Å²) in [5, 5.41) is 0. The summed E-state index contributed by atoms with van der Waals surface area (Å²) in [6.07, 6.45) is 0.759. The summed E-state index contributed by atoms with van der Waals surface area (Å²) in [7, 11) is 0. The number of benzene rings is 1. The third kappa shape index (κ3) is 3.04. The van der Waals surface area contributed by atoms with Crippen molar-refractivity contribution in [1.29, 1.82) is 0 Å². The van der Waals surface area contributed by atoms with E-state index in [1.54, 1.807) is 0 Å². The first-order chi connectivity index (χ1) is 8.91. The Labute approximate surface area is 114 Å². The van der Waals surface area contributed by atoms with Crippen LogP contribution < -0.4 is 5.73 Å². The van der Waals surface area contributed by atoms with Crippen LogP contribution in [0, 0.1) is 6.92 Å². The van der Waals surface area contributed by atoms with Gasteiger partial charge >= 0.3 is 0 Å². The van der Waals surface area contributed by atoms with Gasteiger partial charge in [0.2, 0.25) is 5.89 Å². The molecule has 3 heteroatoms. The third-order valence-electron chi connectivity index (χ3n) is 3.27. The molecule has 0 atom stereocenters. The van der Waals surface area contributed by atoms with Crippen molar-refractivity contribution >= 4 is 0 Å². The van der Waals surface area contributed by atoms with Gasteiger partial charge in [-0.05, 0) is 36.6 Å². The molecule has 0 saturated heterocycles. The number of hydrogen-bond donors (Lipinski definition) is 1. The topological polar surface area (TPSA) is 52.0 Å². The molecule has 0 saturated carbocycles. The van der Waals surface area contributed by atoms with Gasteiger partial charge in [0.1, 0.15) is 5.76 Å². The van der Waals surface area contributed by atoms with Crippen LogP contribution in [0.2, 0.25) is 0 Å². The van der Waals surface area contributed by atoms with Crippen LogP contribution in [0.15, 0.2) is 28.7 Å². The largest absolute Gasteiger partial charge is 0.441 e. The van der Waals surface area contributed by atoms with Crippen molar-refractivity contribution in [3.63, 3.8) is 0 Å². The summed E-state index contributed by atoms with van der Waals surface area (Å²) in [5.74, 6) is 1.54. The van der Waals surface area contributed by atoms with Gasteiger partial charge in [0.25, 0.3) is 0 Å². The first-order valence-corrected chi connectivity index (χ1v) is 6.69. The van der Waals surface area contributed by atoms with Gasteiger partial charge < -0.3 is 10.2 Å². The van der Waals surface area contributed by atoms with Crippen LogP contribution in [0.3, 0.4) is 0 Å². The second-order valence-electron chi connectivity index (χ2n) is 5.89. The zero-order valence-electron chi connectivity index (χ0n) is 12.2. The molecule has 0 unspecified atom stereocenters. The van der Waals surface area contributed by atoms with Crippen LogP contribution in [0.5, 0.6) is 0 Å². The van der Waals surface area contributed by atoms with Crippen molar-refractivity contribution in [3.05, 3.63) is 41.3 Å². The molecule has 0 aliphatic heterocycles. The van der Waals surface area contributed by atoms with Crippen LogP contribution in [0.1, 0.15) is 37.8 Å². The maximum absolute atomic E-state index is 5.71. The predicted molar refractivity (Wildman–Crippen MR) is 78.1 cm³/mol. The summed E-state index contributed by atoms with van der Waals surface area (Å²) in [6, 6.07) is 8.41. The van der Waals surface area contributed by atoms with E-state index in [-0.39, 0.29) is 5.41 Å². The van der Waals surface area contributed by atoms with Crippen molar-refractivity contribution in [2.75, 3.05) is 6.54 Å². The lowest BCUT2D eigenvalue weighted by Crippen LogP contribution is -2.10. The van der Waals surface area contributed by atoms with E-state index >= 15 is 0 Å². The molecule has 19 heavy (non-hydrogen) atoms. The zero-order valence-corrected chi connectivity index (χ0v) is 12.2. The van der Waals surface area contributed by atoms with E-state index in [0.29, 0.717) is 12.4 Å². The second kappa shape index (κ2) is 5.17. The Morgan fingerprint density at radius 1 is 1.16 bits per heavy atom. The van der Waals surface area contributed by atoms with Crippen molar-refractivity contribution in [2.24, 2.45) is 5.73 Å². The predicted octanol–water partition coefficient (Wildman–Crippen LogP) is 3.45. The molecule has 0 radical (unpaired) electrons. The number of nitrogens with zero attached hydrogens (tertiary/aromatic N) is 1. The Morgan fingerprint density at radius 3 is 2.32 bits per heavy atom. The quantitative estimate of drug-likeness (QED) is 0.917. The van der Waals surface area contributed by atoms with Crippen molar-refractivity contribution in [1.82, 2.24) is 4.98 Å². The third-order valence-corrected chi connectivity index (χ3v) is 3.27. The molecular formula is C16H22N2O. The molecule has 0 amide bonds. The van der Waals surface area contributed by atoms with E-state index in [0.717, 1.165) is 23.4 Å². The maximum atomic E-state index is 5.71. The lowest BCUT2D eigenvalue weighted by Gasteiger charge is -2.18. The van der Waals surface area contributed by atoms with Crippen molar-refractivity contribution in [2.45, 2.75) is 39.5 Å². The molecule has 1 aromatic heterocycles. The highest BCUT2D eigenvalue weighted by atomic mass is 16.4. The van der Waals surface area contributed by atoms with Crippen LogP contribution in [-0.2, 0) is 11.8 Å². The molecule has 2 N–H and O–H groups in total. The van der Waals surface area contributed by atoms with Gasteiger partial charge in [-0.1, -0.05) is 32.9 Å². The summed E-state index contributed by atoms with van der Waals surface area (Å²) < 4.78 is 5.71. The van der Waals surface area contributed by atoms with E-state index < -0.39 is 0 Å². The standard InChI is InChI=1S/C16H22N2O/c1-11-14(9-10-17)18-15(19-11)12-5-7-13(8-6-12)16(2,3)4/h5-8H,9-10,17H2,1-4H3. The smallest absolute Gasteiger partial charge is 0.226 e. The first kappa shape index (κ1) is 13.8. The van der Waals surface area contributed by atoms with Crippen molar-refractivity contribution < 1.29 is 4.42 Å². The van der Waals surface area contributed by atoms with Gasteiger partial charge in [-0.15, -0.1) is 0 Å². The number of aromatic nitrogens is 1. The SMILES string of the molecule is Cc1oc(-c2ccc(C(C)(C)C)cc2)nc1CCN. The Balaban J connectivity index is 2.30. The van der Waals surface area contributed by atoms with Gasteiger partial charge in [-0.25, -0.2) is 4.98 Å². The molecule has 0 aliphatic rings. The lowest BCUT2D eigenvalue weighted by atomic mass is 9.87.